The Morgan fingerprint density at radius 2 is 1.81 bits per heavy atom. The molecule has 2 unspecified atom stereocenters. The Labute approximate surface area is 222 Å². The zero-order chi connectivity index (χ0) is 25.2. The van der Waals surface area contributed by atoms with Gasteiger partial charge < -0.3 is 21.0 Å². The predicted octanol–water partition coefficient (Wildman–Crippen LogP) is 4.59. The minimum atomic E-state index is -0.496. The minimum Gasteiger partial charge on any atom is -0.397 e. The van der Waals surface area contributed by atoms with Gasteiger partial charge in [0.1, 0.15) is 18.3 Å². The van der Waals surface area contributed by atoms with Gasteiger partial charge in [-0.15, -0.1) is 0 Å². The van der Waals surface area contributed by atoms with Crippen LogP contribution in [0.3, 0.4) is 0 Å². The lowest BCUT2D eigenvalue weighted by atomic mass is 10.1. The van der Waals surface area contributed by atoms with E-state index in [4.69, 9.17) is 21.3 Å². The van der Waals surface area contributed by atoms with Crippen LogP contribution in [-0.4, -0.2) is 40.2 Å². The van der Waals surface area contributed by atoms with E-state index >= 15 is 0 Å². The summed E-state index contributed by atoms with van der Waals surface area (Å²) < 4.78 is 22.7. The second kappa shape index (κ2) is 10.4. The summed E-state index contributed by atoms with van der Waals surface area (Å²) in [6, 6.07) is 19.4. The molecule has 2 atom stereocenters. The fourth-order valence-corrected chi connectivity index (χ4v) is 4.75. The topological polar surface area (TPSA) is 99.4 Å². The van der Waals surface area contributed by atoms with Crippen molar-refractivity contribution in [1.29, 1.82) is 0 Å². The maximum Gasteiger partial charge on any atom is 0.141 e. The average molecular weight is 597 g/mol. The van der Waals surface area contributed by atoms with Gasteiger partial charge in [0, 0.05) is 27.4 Å². The molecule has 2 heterocycles. The van der Waals surface area contributed by atoms with Crippen LogP contribution in [0.15, 0.2) is 72.9 Å². The molecule has 1 fully saturated rings. The first-order valence-electron chi connectivity index (χ1n) is 11.5. The number of nitrogens with two attached hydrogens (primary N) is 2. The number of aldehydes is 1. The van der Waals surface area contributed by atoms with Gasteiger partial charge in [-0.1, -0.05) is 6.07 Å². The van der Waals surface area contributed by atoms with E-state index < -0.39 is 12.3 Å². The average Bonchev–Trinajstić information content (AvgIpc) is 3.50. The molecular weight excluding hydrogens is 572 g/mol. The van der Waals surface area contributed by atoms with Crippen LogP contribution in [0.1, 0.15) is 17.4 Å². The summed E-state index contributed by atoms with van der Waals surface area (Å²) in [5.74, 6) is -0.320. The first-order chi connectivity index (χ1) is 17.4. The Kier molecular flexibility index (Phi) is 7.04. The molecule has 7 nitrogen and oxygen atoms in total. The number of halogens is 2. The number of hydrogen-bond acceptors (Lipinski definition) is 6. The van der Waals surface area contributed by atoms with Crippen LogP contribution in [0.5, 0.6) is 0 Å². The Morgan fingerprint density at radius 3 is 2.50 bits per heavy atom. The van der Waals surface area contributed by atoms with Gasteiger partial charge in [0.15, 0.2) is 0 Å². The molecule has 1 aromatic heterocycles. The van der Waals surface area contributed by atoms with Gasteiger partial charge in [0.05, 0.1) is 35.4 Å². The number of rotatable bonds is 7. The minimum absolute atomic E-state index is 0.273. The van der Waals surface area contributed by atoms with Crippen LogP contribution in [0.4, 0.5) is 15.8 Å². The molecule has 184 valence electrons. The third-order valence-electron chi connectivity index (χ3n) is 6.34. The number of hydrogen-bond donors (Lipinski definition) is 2. The van der Waals surface area contributed by atoms with E-state index in [1.54, 1.807) is 22.9 Å². The summed E-state index contributed by atoms with van der Waals surface area (Å²) in [6.45, 7) is 0.838. The fourth-order valence-electron chi connectivity index (χ4n) is 4.39. The second-order valence-corrected chi connectivity index (χ2v) is 9.95. The molecule has 1 saturated heterocycles. The molecular formula is C27H25FIN5O2. The molecule has 1 aliphatic rings. The lowest BCUT2D eigenvalue weighted by molar-refractivity contribution is -0.111. The van der Waals surface area contributed by atoms with E-state index in [9.17, 15) is 9.18 Å². The third kappa shape index (κ3) is 4.99. The quantitative estimate of drug-likeness (QED) is 0.184. The summed E-state index contributed by atoms with van der Waals surface area (Å²) in [4.78, 5) is 14.0. The van der Waals surface area contributed by atoms with E-state index in [-0.39, 0.29) is 12.4 Å². The molecule has 36 heavy (non-hydrogen) atoms. The molecule has 4 aromatic rings. The van der Waals surface area contributed by atoms with Crippen molar-refractivity contribution in [3.05, 3.63) is 93.4 Å². The van der Waals surface area contributed by atoms with Gasteiger partial charge in [-0.25, -0.2) is 9.07 Å². The van der Waals surface area contributed by atoms with Gasteiger partial charge in [0.2, 0.25) is 0 Å². The number of nitrogen functional groups attached to an aromatic ring is 2. The summed E-state index contributed by atoms with van der Waals surface area (Å²) in [5.41, 5.74) is 17.1. The molecule has 3 aromatic carbocycles. The van der Waals surface area contributed by atoms with Crippen molar-refractivity contribution in [1.82, 2.24) is 14.7 Å². The van der Waals surface area contributed by atoms with Crippen molar-refractivity contribution in [3.8, 4) is 16.9 Å². The van der Waals surface area contributed by atoms with Crippen molar-refractivity contribution in [2.24, 2.45) is 0 Å². The largest absolute Gasteiger partial charge is 0.397 e. The van der Waals surface area contributed by atoms with E-state index in [0.717, 1.165) is 32.2 Å². The summed E-state index contributed by atoms with van der Waals surface area (Å²) in [6.07, 6.45) is 3.00. The number of aromatic nitrogens is 2. The zero-order valence-electron chi connectivity index (χ0n) is 19.4. The van der Waals surface area contributed by atoms with Crippen molar-refractivity contribution in [2.75, 3.05) is 24.6 Å². The van der Waals surface area contributed by atoms with Crippen LogP contribution < -0.4 is 11.5 Å². The molecule has 0 bridgehead atoms. The lowest BCUT2D eigenvalue weighted by Gasteiger charge is -2.25. The van der Waals surface area contributed by atoms with Crippen molar-refractivity contribution < 1.29 is 13.9 Å². The van der Waals surface area contributed by atoms with E-state index in [2.05, 4.69) is 22.6 Å². The maximum atomic E-state index is 13.7. The van der Waals surface area contributed by atoms with Gasteiger partial charge in [-0.05, 0) is 95.2 Å². The molecule has 0 saturated carbocycles. The fraction of sp³-hybridized carbons (Fsp3) is 0.185. The number of nitrogens with zero attached hydrogens (tertiary/aromatic N) is 3. The Bertz CT molecular complexity index is 1370. The highest BCUT2D eigenvalue weighted by Crippen LogP contribution is 2.37. The zero-order valence-corrected chi connectivity index (χ0v) is 21.5. The second-order valence-electron chi connectivity index (χ2n) is 8.70. The van der Waals surface area contributed by atoms with Crippen molar-refractivity contribution >= 4 is 40.3 Å². The summed E-state index contributed by atoms with van der Waals surface area (Å²) in [5, 5.41) is 4.85. The molecule has 0 spiro atoms. The predicted molar refractivity (Wildman–Crippen MR) is 146 cm³/mol. The molecule has 0 aliphatic carbocycles. The highest BCUT2D eigenvalue weighted by molar-refractivity contribution is 14.1. The Hall–Kier alpha value is -3.28. The highest BCUT2D eigenvalue weighted by Gasteiger charge is 2.37. The van der Waals surface area contributed by atoms with Gasteiger partial charge >= 0.3 is 0 Å². The maximum absolute atomic E-state index is 13.7. The van der Waals surface area contributed by atoms with Gasteiger partial charge in [-0.2, -0.15) is 5.10 Å². The standard InChI is InChI=1S/C27H25FIN5O2/c28-19-4-2-18(3-5-19)26-23(14-34(32-26)21-8-6-20(29)7-9-21)27-33(22(15-35)16-36-27)12-11-17-1-10-24(30)25(31)13-17/h1-10,13-15,22,27H,11-12,16,30-31H2. The van der Waals surface area contributed by atoms with Crippen LogP contribution in [0, 0.1) is 9.39 Å². The molecule has 9 heteroatoms. The van der Waals surface area contributed by atoms with Crippen LogP contribution >= 0.6 is 22.6 Å². The SMILES string of the molecule is Nc1ccc(CCN2C(C=O)COC2c2cn(-c3ccc(I)cc3)nc2-c2ccc(F)cc2)cc1N. The molecule has 1 aliphatic heterocycles. The first kappa shape index (κ1) is 24.4. The smallest absolute Gasteiger partial charge is 0.141 e. The van der Waals surface area contributed by atoms with Gasteiger partial charge in [0.25, 0.3) is 0 Å². The van der Waals surface area contributed by atoms with Crippen LogP contribution in [0.2, 0.25) is 0 Å². The monoisotopic (exact) mass is 597 g/mol. The Morgan fingerprint density at radius 1 is 1.06 bits per heavy atom. The van der Waals surface area contributed by atoms with E-state index in [1.165, 1.54) is 12.1 Å². The normalized spacial score (nSPS) is 17.9. The number of benzene rings is 3. The number of anilines is 2. The molecule has 5 rings (SSSR count). The highest BCUT2D eigenvalue weighted by atomic mass is 127. The number of carbonyl (C=O) groups is 1. The number of ether oxygens (including phenoxy) is 1. The Balaban J connectivity index is 1.51. The molecule has 0 amide bonds. The number of carbonyl (C=O) groups excluding carboxylic acids is 1. The van der Waals surface area contributed by atoms with Crippen LogP contribution in [0.25, 0.3) is 16.9 Å². The van der Waals surface area contributed by atoms with E-state index in [1.807, 2.05) is 47.5 Å². The lowest BCUT2D eigenvalue weighted by Crippen LogP contribution is -2.35. The van der Waals surface area contributed by atoms with Crippen LogP contribution in [-0.2, 0) is 16.0 Å². The molecule has 0 radical (unpaired) electrons. The third-order valence-corrected chi connectivity index (χ3v) is 7.06. The van der Waals surface area contributed by atoms with E-state index in [0.29, 0.717) is 30.0 Å². The van der Waals surface area contributed by atoms with Crippen molar-refractivity contribution in [2.45, 2.75) is 18.7 Å². The van der Waals surface area contributed by atoms with Crippen molar-refractivity contribution in [3.63, 3.8) is 0 Å². The van der Waals surface area contributed by atoms with Gasteiger partial charge in [-0.3, -0.25) is 4.90 Å². The summed E-state index contributed by atoms with van der Waals surface area (Å²) >= 11 is 2.26. The summed E-state index contributed by atoms with van der Waals surface area (Å²) in [7, 11) is 0. The molecule has 4 N–H and O–H groups in total. The first-order valence-corrected chi connectivity index (χ1v) is 12.6.